The lowest BCUT2D eigenvalue weighted by molar-refractivity contribution is 0.623. The molecule has 0 spiro atoms. The minimum absolute atomic E-state index is 0.00497. The van der Waals surface area contributed by atoms with Crippen LogP contribution >= 0.6 is 27.5 Å². The third-order valence-electron chi connectivity index (χ3n) is 1.43. The predicted octanol–water partition coefficient (Wildman–Crippen LogP) is 3.90. The van der Waals surface area contributed by atoms with Gasteiger partial charge in [0.2, 0.25) is 0 Å². The van der Waals surface area contributed by atoms with E-state index in [4.69, 9.17) is 17.1 Å². The van der Waals surface area contributed by atoms with Crippen LogP contribution in [0.2, 0.25) is 5.02 Å². The molecular weight excluding hydrogens is 284 g/mol. The second-order valence-electron chi connectivity index (χ2n) is 2.44. The number of rotatable bonds is 1. The van der Waals surface area contributed by atoms with Crippen LogP contribution < -0.4 is 0 Å². The molecule has 0 bridgehead atoms. The Balaban J connectivity index is 3.02. The summed E-state index contributed by atoms with van der Waals surface area (Å²) in [5, 5.41) is 3.50. The zero-order valence-corrected chi connectivity index (χ0v) is 9.68. The van der Waals surface area contributed by atoms with E-state index in [0.717, 1.165) is 0 Å². The van der Waals surface area contributed by atoms with E-state index in [2.05, 4.69) is 37.8 Å². The van der Waals surface area contributed by atoms with Gasteiger partial charge in [0.25, 0.3) is 0 Å². The average Bonchev–Trinajstić information content (AvgIpc) is 2.15. The van der Waals surface area contributed by atoms with Crippen molar-refractivity contribution in [2.75, 3.05) is 6.54 Å². The van der Waals surface area contributed by atoms with Gasteiger partial charge in [0.15, 0.2) is 0 Å². The highest BCUT2D eigenvalue weighted by Gasteiger charge is 2.05. The number of nitrogens with zero attached hydrogens (tertiary/aromatic N) is 3. The number of halogens is 3. The van der Waals surface area contributed by atoms with E-state index in [1.807, 2.05) is 0 Å². The summed E-state index contributed by atoms with van der Waals surface area (Å²) in [4.78, 5) is 2.52. The first-order valence-corrected chi connectivity index (χ1v) is 4.96. The van der Waals surface area contributed by atoms with Crippen molar-refractivity contribution in [3.8, 4) is 11.8 Å². The molecule has 0 aliphatic heterocycles. The smallest absolute Gasteiger partial charge is 0.141 e. The molecule has 1 rings (SSSR count). The number of benzene rings is 1. The molecule has 15 heavy (non-hydrogen) atoms. The van der Waals surface area contributed by atoms with Gasteiger partial charge in [-0.05, 0) is 33.6 Å². The molecule has 76 valence electrons. The Hall–Kier alpha value is -1.21. The topological polar surface area (TPSA) is 48.8 Å². The van der Waals surface area contributed by atoms with Gasteiger partial charge in [0.1, 0.15) is 5.82 Å². The van der Waals surface area contributed by atoms with E-state index >= 15 is 0 Å². The van der Waals surface area contributed by atoms with Crippen molar-refractivity contribution in [1.29, 1.82) is 0 Å². The Morgan fingerprint density at radius 2 is 2.33 bits per heavy atom. The van der Waals surface area contributed by atoms with E-state index in [1.165, 1.54) is 6.07 Å². The first kappa shape index (κ1) is 11.9. The van der Waals surface area contributed by atoms with E-state index in [1.54, 1.807) is 6.07 Å². The van der Waals surface area contributed by atoms with Crippen molar-refractivity contribution in [3.63, 3.8) is 0 Å². The molecule has 0 atom stereocenters. The SMILES string of the molecule is [N-]=[N+]=NCC#Cc1c(F)cc(Cl)cc1Br. The van der Waals surface area contributed by atoms with Crippen LogP contribution in [0.3, 0.4) is 0 Å². The van der Waals surface area contributed by atoms with Crippen LogP contribution in [0.15, 0.2) is 21.7 Å². The largest absolute Gasteiger partial charge is 0.206 e. The van der Waals surface area contributed by atoms with Crippen LogP contribution in [0.1, 0.15) is 5.56 Å². The van der Waals surface area contributed by atoms with Crippen molar-refractivity contribution < 1.29 is 4.39 Å². The van der Waals surface area contributed by atoms with Gasteiger partial charge >= 0.3 is 0 Å². The third-order valence-corrected chi connectivity index (χ3v) is 2.28. The normalized spacial score (nSPS) is 8.73. The van der Waals surface area contributed by atoms with Gasteiger partial charge in [-0.1, -0.05) is 28.6 Å². The lowest BCUT2D eigenvalue weighted by atomic mass is 10.2. The minimum atomic E-state index is -0.511. The Kier molecular flexibility index (Phi) is 4.44. The van der Waals surface area contributed by atoms with Crippen molar-refractivity contribution in [3.05, 3.63) is 43.5 Å². The Morgan fingerprint density at radius 1 is 1.60 bits per heavy atom. The van der Waals surface area contributed by atoms with Gasteiger partial charge in [0.05, 0.1) is 12.1 Å². The fourth-order valence-corrected chi connectivity index (χ4v) is 1.73. The Bertz CT molecular complexity index is 463. The van der Waals surface area contributed by atoms with Crippen LogP contribution in [-0.4, -0.2) is 6.54 Å². The molecule has 0 aliphatic rings. The van der Waals surface area contributed by atoms with E-state index in [0.29, 0.717) is 9.50 Å². The highest BCUT2D eigenvalue weighted by molar-refractivity contribution is 9.10. The molecule has 0 saturated heterocycles. The molecular formula is C9H4BrClFN3. The maximum atomic E-state index is 13.3. The molecule has 0 radical (unpaired) electrons. The molecule has 0 fully saturated rings. The van der Waals surface area contributed by atoms with Gasteiger partial charge in [-0.25, -0.2) is 4.39 Å². The Labute approximate surface area is 99.0 Å². The van der Waals surface area contributed by atoms with E-state index < -0.39 is 5.82 Å². The summed E-state index contributed by atoms with van der Waals surface area (Å²) in [6, 6.07) is 2.71. The van der Waals surface area contributed by atoms with Gasteiger partial charge in [-0.2, -0.15) is 0 Å². The lowest BCUT2D eigenvalue weighted by Gasteiger charge is -1.98. The van der Waals surface area contributed by atoms with Crippen molar-refractivity contribution in [2.45, 2.75) is 0 Å². The van der Waals surface area contributed by atoms with Crippen LogP contribution in [-0.2, 0) is 0 Å². The third kappa shape index (κ3) is 3.45. The summed E-state index contributed by atoms with van der Waals surface area (Å²) in [5.74, 6) is 4.56. The standard InChI is InChI=1S/C9H4BrClFN3/c10-8-4-6(11)5-9(12)7(8)2-1-3-14-15-13/h4-5H,3H2. The van der Waals surface area contributed by atoms with Crippen molar-refractivity contribution in [2.24, 2.45) is 5.11 Å². The van der Waals surface area contributed by atoms with E-state index in [9.17, 15) is 4.39 Å². The number of hydrogen-bond acceptors (Lipinski definition) is 1. The molecule has 3 nitrogen and oxygen atoms in total. The Morgan fingerprint density at radius 3 is 2.93 bits per heavy atom. The molecule has 0 unspecified atom stereocenters. The maximum Gasteiger partial charge on any atom is 0.141 e. The molecule has 1 aromatic carbocycles. The summed E-state index contributed by atoms with van der Waals surface area (Å²) in [5.41, 5.74) is 8.20. The molecule has 0 saturated carbocycles. The van der Waals surface area contributed by atoms with Gasteiger partial charge in [-0.15, -0.1) is 0 Å². The summed E-state index contributed by atoms with van der Waals surface area (Å²) < 4.78 is 13.8. The fourth-order valence-electron chi connectivity index (χ4n) is 0.857. The summed E-state index contributed by atoms with van der Waals surface area (Å²) >= 11 is 8.76. The monoisotopic (exact) mass is 287 g/mol. The molecule has 0 aromatic heterocycles. The number of azide groups is 1. The first-order valence-electron chi connectivity index (χ1n) is 3.79. The summed E-state index contributed by atoms with van der Waals surface area (Å²) in [7, 11) is 0. The zero-order valence-electron chi connectivity index (χ0n) is 7.34. The number of hydrogen-bond donors (Lipinski definition) is 0. The maximum absolute atomic E-state index is 13.3. The molecule has 6 heteroatoms. The van der Waals surface area contributed by atoms with Crippen LogP contribution in [0.4, 0.5) is 4.39 Å². The minimum Gasteiger partial charge on any atom is -0.206 e. The summed E-state index contributed by atoms with van der Waals surface area (Å²) in [6.45, 7) is 0.00497. The molecule has 0 aliphatic carbocycles. The molecule has 0 N–H and O–H groups in total. The molecule has 1 aromatic rings. The van der Waals surface area contributed by atoms with Gasteiger partial charge < -0.3 is 0 Å². The quantitative estimate of drug-likeness (QED) is 0.326. The highest BCUT2D eigenvalue weighted by atomic mass is 79.9. The predicted molar refractivity (Wildman–Crippen MR) is 60.0 cm³/mol. The zero-order chi connectivity index (χ0) is 11.3. The first-order chi connectivity index (χ1) is 7.15. The molecule has 0 heterocycles. The second kappa shape index (κ2) is 5.62. The van der Waals surface area contributed by atoms with Crippen LogP contribution in [0.25, 0.3) is 10.4 Å². The van der Waals surface area contributed by atoms with Crippen molar-refractivity contribution >= 4 is 27.5 Å². The van der Waals surface area contributed by atoms with Crippen molar-refractivity contribution in [1.82, 2.24) is 0 Å². The second-order valence-corrected chi connectivity index (χ2v) is 3.73. The highest BCUT2D eigenvalue weighted by Crippen LogP contribution is 2.23. The average molecular weight is 289 g/mol. The molecule has 0 amide bonds. The fraction of sp³-hybridized carbons (Fsp3) is 0.111. The van der Waals surface area contributed by atoms with Crippen LogP contribution in [0, 0.1) is 17.7 Å². The van der Waals surface area contributed by atoms with E-state index in [-0.39, 0.29) is 12.1 Å². The van der Waals surface area contributed by atoms with Crippen LogP contribution in [0.5, 0.6) is 0 Å². The van der Waals surface area contributed by atoms with Gasteiger partial charge in [-0.3, -0.25) is 0 Å². The van der Waals surface area contributed by atoms with Gasteiger partial charge in [0, 0.05) is 14.4 Å². The summed E-state index contributed by atoms with van der Waals surface area (Å²) in [6.07, 6.45) is 0. The lowest BCUT2D eigenvalue weighted by Crippen LogP contribution is -1.86.